The number of nitrogens with zero attached hydrogens (tertiary/aromatic N) is 4. The second-order valence-corrected chi connectivity index (χ2v) is 9.25. The Morgan fingerprint density at radius 3 is 2.69 bits per heavy atom. The van der Waals surface area contributed by atoms with Gasteiger partial charge in [0.2, 0.25) is 11.3 Å². The van der Waals surface area contributed by atoms with Gasteiger partial charge in [-0.2, -0.15) is 0 Å². The number of pyridine rings is 2. The van der Waals surface area contributed by atoms with Gasteiger partial charge in [-0.1, -0.05) is 15.9 Å². The number of benzene rings is 2. The normalized spacial score (nSPS) is 11.2. The average molecular weight is 589 g/mol. The molecule has 0 unspecified atom stereocenters. The molecule has 39 heavy (non-hydrogen) atoms. The predicted octanol–water partition coefficient (Wildman–Crippen LogP) is 5.74. The molecule has 2 N–H and O–H groups in total. The van der Waals surface area contributed by atoms with Crippen LogP contribution in [0.5, 0.6) is 11.6 Å². The van der Waals surface area contributed by atoms with E-state index in [9.17, 15) is 18.4 Å². The number of halogens is 3. The van der Waals surface area contributed by atoms with E-state index in [1.165, 1.54) is 53.6 Å². The number of ether oxygens (including phenoxy) is 1. The highest BCUT2D eigenvalue weighted by Crippen LogP contribution is 2.29. The van der Waals surface area contributed by atoms with Crippen molar-refractivity contribution in [2.75, 3.05) is 5.32 Å². The summed E-state index contributed by atoms with van der Waals surface area (Å²) in [6, 6.07) is 12.9. The molecule has 0 aliphatic carbocycles. The maximum absolute atomic E-state index is 14.9. The standard InChI is InChI=1S/C27H15BrF2N6O3/c28-14-3-5-21(19(29)10-14)36-12-18(23(37)16-2-1-8-32-25(16)36)26(38)35-15-4-6-22(20(30)11-15)39-27-17-7-9-31-24(17)33-13-34-27/h1-13H,(H,35,38)(H,31,33,34). The van der Waals surface area contributed by atoms with Crippen LogP contribution in [-0.2, 0) is 0 Å². The molecule has 1 amide bonds. The van der Waals surface area contributed by atoms with Crippen LogP contribution in [-0.4, -0.2) is 30.4 Å². The Morgan fingerprint density at radius 1 is 1.00 bits per heavy atom. The molecule has 0 saturated heterocycles. The molecule has 12 heteroatoms. The van der Waals surface area contributed by atoms with Crippen molar-refractivity contribution in [3.63, 3.8) is 0 Å². The van der Waals surface area contributed by atoms with Crippen LogP contribution in [0, 0.1) is 11.6 Å². The van der Waals surface area contributed by atoms with E-state index in [-0.39, 0.29) is 39.6 Å². The number of amides is 1. The lowest BCUT2D eigenvalue weighted by molar-refractivity contribution is 0.102. The molecule has 9 nitrogen and oxygen atoms in total. The monoisotopic (exact) mass is 588 g/mol. The number of aromatic nitrogens is 5. The second-order valence-electron chi connectivity index (χ2n) is 8.33. The smallest absolute Gasteiger partial charge is 0.261 e. The molecule has 0 atom stereocenters. The fourth-order valence-corrected chi connectivity index (χ4v) is 4.41. The minimum atomic E-state index is -0.810. The lowest BCUT2D eigenvalue weighted by atomic mass is 10.1. The van der Waals surface area contributed by atoms with E-state index in [2.05, 4.69) is 41.2 Å². The van der Waals surface area contributed by atoms with Crippen LogP contribution in [0.15, 0.2) is 88.8 Å². The lowest BCUT2D eigenvalue weighted by Crippen LogP contribution is -2.24. The van der Waals surface area contributed by atoms with Gasteiger partial charge in [-0.15, -0.1) is 0 Å². The zero-order valence-corrected chi connectivity index (χ0v) is 21.2. The average Bonchev–Trinajstić information content (AvgIpc) is 3.41. The molecular formula is C27H15BrF2N6O3. The van der Waals surface area contributed by atoms with Crippen molar-refractivity contribution in [3.8, 4) is 17.3 Å². The van der Waals surface area contributed by atoms with E-state index in [1.807, 2.05) is 0 Å². The highest BCUT2D eigenvalue weighted by atomic mass is 79.9. The maximum atomic E-state index is 14.9. The minimum absolute atomic E-state index is 0.0754. The largest absolute Gasteiger partial charge is 0.435 e. The lowest BCUT2D eigenvalue weighted by Gasteiger charge is -2.14. The Kier molecular flexibility index (Phi) is 6.08. The summed E-state index contributed by atoms with van der Waals surface area (Å²) in [5.74, 6) is -2.15. The Balaban J connectivity index is 1.33. The van der Waals surface area contributed by atoms with Gasteiger partial charge < -0.3 is 15.0 Å². The first-order chi connectivity index (χ1) is 18.9. The highest BCUT2D eigenvalue weighted by molar-refractivity contribution is 9.10. The van der Waals surface area contributed by atoms with Gasteiger partial charge in [-0.3, -0.25) is 14.2 Å². The summed E-state index contributed by atoms with van der Waals surface area (Å²) in [6.07, 6.45) is 5.62. The maximum Gasteiger partial charge on any atom is 0.261 e. The van der Waals surface area contributed by atoms with Gasteiger partial charge in [0.05, 0.1) is 16.5 Å². The zero-order chi connectivity index (χ0) is 27.1. The molecule has 4 aromatic heterocycles. The van der Waals surface area contributed by atoms with E-state index in [1.54, 1.807) is 24.4 Å². The molecule has 0 spiro atoms. The van der Waals surface area contributed by atoms with Gasteiger partial charge in [0.25, 0.3) is 5.91 Å². The number of carbonyl (C=O) groups is 1. The summed E-state index contributed by atoms with van der Waals surface area (Å²) in [4.78, 5) is 41.6. The number of nitrogens with one attached hydrogen (secondary N) is 2. The molecule has 6 aromatic rings. The minimum Gasteiger partial charge on any atom is -0.435 e. The van der Waals surface area contributed by atoms with Crippen molar-refractivity contribution < 1.29 is 18.3 Å². The van der Waals surface area contributed by atoms with Crippen LogP contribution in [0.1, 0.15) is 10.4 Å². The van der Waals surface area contributed by atoms with Gasteiger partial charge in [0.1, 0.15) is 29.0 Å². The molecule has 6 rings (SSSR count). The number of rotatable bonds is 5. The van der Waals surface area contributed by atoms with E-state index in [4.69, 9.17) is 4.74 Å². The van der Waals surface area contributed by atoms with Gasteiger partial charge in [-0.25, -0.2) is 23.7 Å². The van der Waals surface area contributed by atoms with Gasteiger partial charge >= 0.3 is 0 Å². The van der Waals surface area contributed by atoms with E-state index >= 15 is 0 Å². The van der Waals surface area contributed by atoms with Crippen LogP contribution in [0.25, 0.3) is 27.8 Å². The summed E-state index contributed by atoms with van der Waals surface area (Å²) >= 11 is 3.22. The number of H-pyrrole nitrogens is 1. The quantitative estimate of drug-likeness (QED) is 0.265. The Morgan fingerprint density at radius 2 is 1.87 bits per heavy atom. The van der Waals surface area contributed by atoms with E-state index < -0.39 is 23.0 Å². The van der Waals surface area contributed by atoms with Gasteiger partial charge in [0.15, 0.2) is 11.6 Å². The molecule has 0 bridgehead atoms. The number of aromatic amines is 1. The summed E-state index contributed by atoms with van der Waals surface area (Å²) in [5, 5.41) is 3.21. The first kappa shape index (κ1) is 24.4. The molecule has 192 valence electrons. The fraction of sp³-hybridized carbons (Fsp3) is 0. The third-order valence-corrected chi connectivity index (χ3v) is 6.38. The molecule has 2 aromatic carbocycles. The van der Waals surface area contributed by atoms with Gasteiger partial charge in [0, 0.05) is 34.8 Å². The van der Waals surface area contributed by atoms with Crippen molar-refractivity contribution in [3.05, 3.63) is 111 Å². The van der Waals surface area contributed by atoms with Crippen molar-refractivity contribution >= 4 is 49.6 Å². The molecule has 4 heterocycles. The van der Waals surface area contributed by atoms with Crippen molar-refractivity contribution in [2.24, 2.45) is 0 Å². The first-order valence-corrected chi connectivity index (χ1v) is 12.2. The summed E-state index contributed by atoms with van der Waals surface area (Å²) < 4.78 is 37.2. The molecule has 0 radical (unpaired) electrons. The highest BCUT2D eigenvalue weighted by Gasteiger charge is 2.19. The zero-order valence-electron chi connectivity index (χ0n) is 19.7. The number of carbonyl (C=O) groups excluding carboxylic acids is 1. The summed E-state index contributed by atoms with van der Waals surface area (Å²) in [6.45, 7) is 0. The second kappa shape index (κ2) is 9.72. The third kappa shape index (κ3) is 4.50. The third-order valence-electron chi connectivity index (χ3n) is 5.89. The Labute approximate surface area is 226 Å². The van der Waals surface area contributed by atoms with Crippen LogP contribution < -0.4 is 15.5 Å². The van der Waals surface area contributed by atoms with Crippen molar-refractivity contribution in [1.29, 1.82) is 0 Å². The van der Waals surface area contributed by atoms with E-state index in [0.717, 1.165) is 6.07 Å². The van der Waals surface area contributed by atoms with Crippen LogP contribution in [0.2, 0.25) is 0 Å². The summed E-state index contributed by atoms with van der Waals surface area (Å²) in [5.41, 5.74) is -0.0211. The Bertz CT molecular complexity index is 1970. The van der Waals surface area contributed by atoms with Crippen molar-refractivity contribution in [1.82, 2.24) is 24.5 Å². The summed E-state index contributed by atoms with van der Waals surface area (Å²) in [7, 11) is 0. The van der Waals surface area contributed by atoms with Crippen LogP contribution >= 0.6 is 15.9 Å². The fourth-order valence-electron chi connectivity index (χ4n) is 4.08. The molecule has 0 saturated carbocycles. The molecular weight excluding hydrogens is 574 g/mol. The Hall–Kier alpha value is -4.97. The molecule has 0 aliphatic heterocycles. The predicted molar refractivity (Wildman–Crippen MR) is 143 cm³/mol. The molecule has 0 aliphatic rings. The first-order valence-electron chi connectivity index (χ1n) is 11.4. The van der Waals surface area contributed by atoms with Crippen LogP contribution in [0.4, 0.5) is 14.5 Å². The number of fused-ring (bicyclic) bond motifs is 2. The number of anilines is 1. The molecule has 0 fully saturated rings. The SMILES string of the molecule is O=C(Nc1ccc(Oc2ncnc3[nH]ccc23)c(F)c1)c1cn(-c2ccc(Br)cc2F)c2ncccc2c1=O. The number of hydrogen-bond donors (Lipinski definition) is 2. The number of hydrogen-bond acceptors (Lipinski definition) is 6. The van der Waals surface area contributed by atoms with Gasteiger partial charge in [-0.05, 0) is 48.5 Å². The van der Waals surface area contributed by atoms with Crippen molar-refractivity contribution in [2.45, 2.75) is 0 Å². The van der Waals surface area contributed by atoms with Crippen LogP contribution in [0.3, 0.4) is 0 Å². The topological polar surface area (TPSA) is 115 Å². The van der Waals surface area contributed by atoms with E-state index in [0.29, 0.717) is 15.5 Å².